The van der Waals surface area contributed by atoms with Gasteiger partial charge in [-0.05, 0) is 18.2 Å². The quantitative estimate of drug-likeness (QED) is 0.598. The van der Waals surface area contributed by atoms with E-state index < -0.39 is 35.7 Å². The lowest BCUT2D eigenvalue weighted by Gasteiger charge is -2.18. The first-order valence-corrected chi connectivity index (χ1v) is 8.22. The topological polar surface area (TPSA) is 125 Å². The summed E-state index contributed by atoms with van der Waals surface area (Å²) >= 11 is 0. The fraction of sp³-hybridized carbons (Fsp3) is 0.105. The molecule has 1 amide bonds. The van der Waals surface area contributed by atoms with Crippen LogP contribution in [0.4, 0.5) is 4.39 Å². The Morgan fingerprint density at radius 1 is 1.18 bits per heavy atom. The number of carbonyl (C=O) groups is 2. The van der Waals surface area contributed by atoms with Gasteiger partial charge in [-0.2, -0.15) is 0 Å². The summed E-state index contributed by atoms with van der Waals surface area (Å²) in [6.45, 7) is 0. The second kappa shape index (κ2) is 8.21. The first kappa shape index (κ1) is 18.9. The van der Waals surface area contributed by atoms with Crippen molar-refractivity contribution in [3.05, 3.63) is 82.3 Å². The molecule has 0 spiro atoms. The van der Waals surface area contributed by atoms with E-state index in [1.54, 1.807) is 12.1 Å². The van der Waals surface area contributed by atoms with Gasteiger partial charge in [-0.1, -0.05) is 18.2 Å². The minimum atomic E-state index is -1.23. The fourth-order valence-corrected chi connectivity index (χ4v) is 2.62. The van der Waals surface area contributed by atoms with Crippen molar-refractivity contribution in [2.45, 2.75) is 12.5 Å². The number of halogens is 1. The molecule has 0 saturated carbocycles. The molecule has 2 aromatic heterocycles. The maximum atomic E-state index is 14.0. The van der Waals surface area contributed by atoms with Crippen LogP contribution in [0.25, 0.3) is 11.4 Å². The molecule has 0 aliphatic heterocycles. The first-order chi connectivity index (χ1) is 13.5. The van der Waals surface area contributed by atoms with E-state index in [0.29, 0.717) is 5.56 Å². The van der Waals surface area contributed by atoms with E-state index in [0.717, 1.165) is 12.3 Å². The van der Waals surface area contributed by atoms with Gasteiger partial charge in [-0.25, -0.2) is 9.37 Å². The number of carboxylic acids is 1. The molecule has 0 unspecified atom stereocenters. The summed E-state index contributed by atoms with van der Waals surface area (Å²) in [6.07, 6.45) is 3.60. The average Bonchev–Trinajstić information content (AvgIpc) is 2.68. The van der Waals surface area contributed by atoms with E-state index in [9.17, 15) is 18.8 Å². The minimum Gasteiger partial charge on any atom is -0.481 e. The summed E-state index contributed by atoms with van der Waals surface area (Å²) in [4.78, 5) is 46.3. The smallest absolute Gasteiger partial charge is 0.305 e. The Morgan fingerprint density at radius 2 is 1.89 bits per heavy atom. The molecule has 0 fully saturated rings. The van der Waals surface area contributed by atoms with E-state index >= 15 is 0 Å². The van der Waals surface area contributed by atoms with Crippen LogP contribution < -0.4 is 10.9 Å². The van der Waals surface area contributed by atoms with Gasteiger partial charge in [0.05, 0.1) is 12.5 Å². The van der Waals surface area contributed by atoms with Gasteiger partial charge in [-0.15, -0.1) is 0 Å². The zero-order valence-electron chi connectivity index (χ0n) is 14.4. The number of carbonyl (C=O) groups excluding carboxylic acids is 1. The third-order valence-corrected chi connectivity index (χ3v) is 3.96. The first-order valence-electron chi connectivity index (χ1n) is 8.22. The number of rotatable bonds is 6. The van der Waals surface area contributed by atoms with E-state index in [1.807, 2.05) is 0 Å². The second-order valence-corrected chi connectivity index (χ2v) is 5.86. The number of aliphatic carboxylic acids is 1. The van der Waals surface area contributed by atoms with Crippen molar-refractivity contribution in [3.63, 3.8) is 0 Å². The molecule has 3 rings (SSSR count). The van der Waals surface area contributed by atoms with Crippen molar-refractivity contribution >= 4 is 11.9 Å². The average molecular weight is 382 g/mol. The van der Waals surface area contributed by atoms with E-state index in [4.69, 9.17) is 5.11 Å². The van der Waals surface area contributed by atoms with Crippen molar-refractivity contribution in [2.75, 3.05) is 0 Å². The molecule has 0 saturated heterocycles. The van der Waals surface area contributed by atoms with Gasteiger partial charge in [0.2, 0.25) is 0 Å². The molecule has 142 valence electrons. The number of hydrogen-bond acceptors (Lipinski definition) is 5. The Bertz CT molecular complexity index is 1070. The Labute approximate surface area is 158 Å². The maximum absolute atomic E-state index is 14.0. The molecule has 1 atom stereocenters. The standard InChI is InChI=1S/C19H15FN4O4/c20-14-4-2-1-3-12(14)15(9-16(25)26)23-18(27)13-10-22-17(24-19(13)28)11-5-7-21-8-6-11/h1-8,10,15H,9H2,(H,23,27)(H,25,26)(H,22,24,28)/t15-/m0/s1. The van der Waals surface area contributed by atoms with Gasteiger partial charge >= 0.3 is 5.97 Å². The van der Waals surface area contributed by atoms with Crippen molar-refractivity contribution in [1.82, 2.24) is 20.3 Å². The molecule has 1 aromatic carbocycles. The minimum absolute atomic E-state index is 0.0102. The summed E-state index contributed by atoms with van der Waals surface area (Å²) in [5, 5.41) is 11.5. The summed E-state index contributed by atoms with van der Waals surface area (Å²) < 4.78 is 14.0. The molecular formula is C19H15FN4O4. The number of carboxylic acid groups (broad SMARTS) is 1. The molecule has 0 bridgehead atoms. The number of benzene rings is 1. The van der Waals surface area contributed by atoms with Crippen LogP contribution in [-0.4, -0.2) is 31.9 Å². The van der Waals surface area contributed by atoms with Crippen LogP contribution in [0.2, 0.25) is 0 Å². The van der Waals surface area contributed by atoms with Crippen LogP contribution in [0, 0.1) is 5.82 Å². The summed E-state index contributed by atoms with van der Waals surface area (Å²) in [6, 6.07) is 7.64. The van der Waals surface area contributed by atoms with Gasteiger partial charge in [-0.3, -0.25) is 19.4 Å². The van der Waals surface area contributed by atoms with Crippen LogP contribution in [0.15, 0.2) is 59.8 Å². The molecule has 2 heterocycles. The number of pyridine rings is 1. The van der Waals surface area contributed by atoms with Crippen LogP contribution in [-0.2, 0) is 4.79 Å². The number of nitrogens with one attached hydrogen (secondary N) is 2. The van der Waals surface area contributed by atoms with Crippen molar-refractivity contribution in [2.24, 2.45) is 0 Å². The fourth-order valence-electron chi connectivity index (χ4n) is 2.62. The predicted octanol–water partition coefficient (Wildman–Crippen LogP) is 1.92. The number of H-pyrrole nitrogens is 1. The molecule has 0 aliphatic rings. The summed E-state index contributed by atoms with van der Waals surface area (Å²) in [7, 11) is 0. The van der Waals surface area contributed by atoms with Crippen LogP contribution in [0.1, 0.15) is 28.4 Å². The van der Waals surface area contributed by atoms with Crippen molar-refractivity contribution in [1.29, 1.82) is 0 Å². The number of aromatic nitrogens is 3. The normalized spacial score (nSPS) is 11.6. The SMILES string of the molecule is O=C(O)C[C@H](NC(=O)c1cnc(-c2ccncc2)[nH]c1=O)c1ccccc1F. The molecule has 0 radical (unpaired) electrons. The molecule has 8 nitrogen and oxygen atoms in total. The Kier molecular flexibility index (Phi) is 5.54. The number of hydrogen-bond donors (Lipinski definition) is 3. The third-order valence-electron chi connectivity index (χ3n) is 3.96. The molecule has 3 N–H and O–H groups in total. The maximum Gasteiger partial charge on any atom is 0.305 e. The molecule has 9 heteroatoms. The molecular weight excluding hydrogens is 367 g/mol. The number of aromatic amines is 1. The van der Waals surface area contributed by atoms with Gasteiger partial charge in [0.25, 0.3) is 11.5 Å². The summed E-state index contributed by atoms with van der Waals surface area (Å²) in [5.74, 6) is -2.49. The van der Waals surface area contributed by atoms with Crippen molar-refractivity contribution < 1.29 is 19.1 Å². The van der Waals surface area contributed by atoms with Crippen LogP contribution in [0.3, 0.4) is 0 Å². The Hall–Kier alpha value is -3.88. The van der Waals surface area contributed by atoms with Gasteiger partial charge in [0, 0.05) is 29.7 Å². The highest BCUT2D eigenvalue weighted by Crippen LogP contribution is 2.20. The third kappa shape index (κ3) is 4.26. The van der Waals surface area contributed by atoms with Gasteiger partial charge in [0.1, 0.15) is 17.2 Å². The second-order valence-electron chi connectivity index (χ2n) is 5.86. The van der Waals surface area contributed by atoms with Crippen LogP contribution in [0.5, 0.6) is 0 Å². The summed E-state index contributed by atoms with van der Waals surface area (Å²) in [5.41, 5.74) is -0.406. The predicted molar refractivity (Wildman–Crippen MR) is 96.9 cm³/mol. The van der Waals surface area contributed by atoms with E-state index in [1.165, 1.54) is 30.6 Å². The zero-order valence-corrected chi connectivity index (χ0v) is 14.4. The van der Waals surface area contributed by atoms with E-state index in [-0.39, 0.29) is 17.0 Å². The monoisotopic (exact) mass is 382 g/mol. The lowest BCUT2D eigenvalue weighted by atomic mass is 10.0. The van der Waals surface area contributed by atoms with Gasteiger partial charge < -0.3 is 15.4 Å². The Balaban J connectivity index is 1.87. The largest absolute Gasteiger partial charge is 0.481 e. The van der Waals surface area contributed by atoms with Crippen molar-refractivity contribution in [3.8, 4) is 11.4 Å². The van der Waals surface area contributed by atoms with Gasteiger partial charge in [0.15, 0.2) is 0 Å². The van der Waals surface area contributed by atoms with E-state index in [2.05, 4.69) is 20.3 Å². The molecule has 0 aliphatic carbocycles. The lowest BCUT2D eigenvalue weighted by Crippen LogP contribution is -2.34. The number of amides is 1. The molecule has 3 aromatic rings. The highest BCUT2D eigenvalue weighted by atomic mass is 19.1. The number of nitrogens with zero attached hydrogens (tertiary/aromatic N) is 2. The molecule has 28 heavy (non-hydrogen) atoms. The lowest BCUT2D eigenvalue weighted by molar-refractivity contribution is -0.137. The highest BCUT2D eigenvalue weighted by Gasteiger charge is 2.23. The van der Waals surface area contributed by atoms with Crippen LogP contribution >= 0.6 is 0 Å². The zero-order chi connectivity index (χ0) is 20.1. The highest BCUT2D eigenvalue weighted by molar-refractivity contribution is 5.94. The Morgan fingerprint density at radius 3 is 2.54 bits per heavy atom.